The minimum atomic E-state index is -0.137. The second-order valence-corrected chi connectivity index (χ2v) is 5.33. The molecule has 2 N–H and O–H groups in total. The van der Waals surface area contributed by atoms with E-state index in [-0.39, 0.29) is 12.5 Å². The van der Waals surface area contributed by atoms with Crippen LogP contribution in [0.25, 0.3) is 0 Å². The Balaban J connectivity index is 2.00. The Morgan fingerprint density at radius 2 is 1.95 bits per heavy atom. The number of amides is 1. The summed E-state index contributed by atoms with van der Waals surface area (Å²) in [5.74, 6) is -0.137. The van der Waals surface area contributed by atoms with Crippen molar-refractivity contribution in [3.05, 3.63) is 58.4 Å². The number of rotatable bonds is 6. The van der Waals surface area contributed by atoms with Gasteiger partial charge in [0.15, 0.2) is 0 Å². The zero-order chi connectivity index (χ0) is 15.2. The molecule has 0 unspecified atom stereocenters. The van der Waals surface area contributed by atoms with Crippen LogP contribution < -0.4 is 5.32 Å². The molecule has 0 aliphatic heterocycles. The molecule has 2 aromatic rings. The molecule has 0 aliphatic carbocycles. The first kappa shape index (κ1) is 15.6. The minimum absolute atomic E-state index is 0.0235. The van der Waals surface area contributed by atoms with Crippen molar-refractivity contribution in [2.45, 2.75) is 33.0 Å². The Morgan fingerprint density at radius 3 is 2.57 bits per heavy atom. The quantitative estimate of drug-likeness (QED) is 0.862. The third kappa shape index (κ3) is 4.09. The number of aromatic nitrogens is 1. The van der Waals surface area contributed by atoms with Gasteiger partial charge in [0, 0.05) is 19.3 Å². The lowest BCUT2D eigenvalue weighted by Gasteiger charge is -2.09. The van der Waals surface area contributed by atoms with E-state index >= 15 is 0 Å². The highest BCUT2D eigenvalue weighted by atomic mass is 35.5. The number of aliphatic hydroxyl groups excluding tert-OH is 1. The topological polar surface area (TPSA) is 54.3 Å². The summed E-state index contributed by atoms with van der Waals surface area (Å²) in [5.41, 5.74) is 2.42. The number of carbonyl (C=O) groups excluding carboxylic acids is 1. The molecule has 1 aromatic heterocycles. The van der Waals surface area contributed by atoms with Crippen LogP contribution in [0.1, 0.15) is 35.0 Å². The van der Waals surface area contributed by atoms with Gasteiger partial charge >= 0.3 is 0 Å². The molecular formula is C16H19ClN2O2. The van der Waals surface area contributed by atoms with Crippen LogP contribution in [-0.4, -0.2) is 15.6 Å². The van der Waals surface area contributed by atoms with Gasteiger partial charge < -0.3 is 15.0 Å². The molecule has 4 nitrogen and oxygen atoms in total. The van der Waals surface area contributed by atoms with E-state index in [0.29, 0.717) is 17.3 Å². The lowest BCUT2D eigenvalue weighted by Crippen LogP contribution is -2.25. The van der Waals surface area contributed by atoms with Crippen molar-refractivity contribution >= 4 is 17.5 Å². The highest BCUT2D eigenvalue weighted by Crippen LogP contribution is 2.15. The number of halogens is 1. The van der Waals surface area contributed by atoms with Gasteiger partial charge in [0.1, 0.15) is 5.69 Å². The summed E-state index contributed by atoms with van der Waals surface area (Å²) in [5, 5.41) is 12.4. The molecule has 0 saturated carbocycles. The van der Waals surface area contributed by atoms with Gasteiger partial charge in [0.2, 0.25) is 0 Å². The fourth-order valence-electron chi connectivity index (χ4n) is 2.13. The predicted molar refractivity (Wildman–Crippen MR) is 83.3 cm³/mol. The second-order valence-electron chi connectivity index (χ2n) is 4.89. The van der Waals surface area contributed by atoms with Crippen LogP contribution in [0.2, 0.25) is 5.02 Å². The van der Waals surface area contributed by atoms with Gasteiger partial charge in [-0.05, 0) is 23.6 Å². The SMILES string of the molecule is CCCn1cc(Cl)cc1C(=O)NCc1ccc(CO)cc1. The van der Waals surface area contributed by atoms with Gasteiger partial charge in [0.25, 0.3) is 5.91 Å². The summed E-state index contributed by atoms with van der Waals surface area (Å²) < 4.78 is 1.87. The number of carbonyl (C=O) groups is 1. The minimum Gasteiger partial charge on any atom is -0.392 e. The molecule has 0 fully saturated rings. The smallest absolute Gasteiger partial charge is 0.268 e. The third-order valence-electron chi connectivity index (χ3n) is 3.22. The number of aryl methyl sites for hydroxylation is 1. The van der Waals surface area contributed by atoms with Gasteiger partial charge in [-0.15, -0.1) is 0 Å². The third-order valence-corrected chi connectivity index (χ3v) is 3.43. The summed E-state index contributed by atoms with van der Waals surface area (Å²) in [6.07, 6.45) is 2.71. The Labute approximate surface area is 129 Å². The van der Waals surface area contributed by atoms with Crippen LogP contribution in [-0.2, 0) is 19.7 Å². The number of nitrogens with one attached hydrogen (secondary N) is 1. The number of nitrogens with zero attached hydrogens (tertiary/aromatic N) is 1. The van der Waals surface area contributed by atoms with Gasteiger partial charge in [-0.25, -0.2) is 0 Å². The molecule has 1 aromatic carbocycles. The molecule has 0 radical (unpaired) electrons. The summed E-state index contributed by atoms with van der Waals surface area (Å²) in [6.45, 7) is 3.29. The fraction of sp³-hybridized carbons (Fsp3) is 0.312. The van der Waals surface area contributed by atoms with Gasteiger partial charge in [-0.2, -0.15) is 0 Å². The Bertz CT molecular complexity index is 605. The first-order valence-electron chi connectivity index (χ1n) is 6.96. The van der Waals surface area contributed by atoms with Crippen LogP contribution >= 0.6 is 11.6 Å². The highest BCUT2D eigenvalue weighted by molar-refractivity contribution is 6.31. The van der Waals surface area contributed by atoms with Crippen LogP contribution in [0.15, 0.2) is 36.5 Å². The van der Waals surface area contributed by atoms with Crippen molar-refractivity contribution in [1.29, 1.82) is 0 Å². The number of hydrogen-bond acceptors (Lipinski definition) is 2. The van der Waals surface area contributed by atoms with Crippen molar-refractivity contribution < 1.29 is 9.90 Å². The van der Waals surface area contributed by atoms with Crippen molar-refractivity contribution in [2.24, 2.45) is 0 Å². The number of aliphatic hydroxyl groups is 1. The van der Waals surface area contributed by atoms with Crippen molar-refractivity contribution in [3.63, 3.8) is 0 Å². The molecule has 5 heteroatoms. The highest BCUT2D eigenvalue weighted by Gasteiger charge is 2.12. The van der Waals surface area contributed by atoms with Crippen LogP contribution in [0, 0.1) is 0 Å². The van der Waals surface area contributed by atoms with E-state index in [9.17, 15) is 4.79 Å². The summed E-state index contributed by atoms with van der Waals surface area (Å²) >= 11 is 5.97. The maximum Gasteiger partial charge on any atom is 0.268 e. The van der Waals surface area contributed by atoms with E-state index in [0.717, 1.165) is 24.1 Å². The molecule has 1 amide bonds. The van der Waals surface area contributed by atoms with E-state index < -0.39 is 0 Å². The number of hydrogen-bond donors (Lipinski definition) is 2. The summed E-state index contributed by atoms with van der Waals surface area (Å²) in [7, 11) is 0. The largest absolute Gasteiger partial charge is 0.392 e. The molecule has 2 rings (SSSR count). The molecule has 0 spiro atoms. The molecule has 21 heavy (non-hydrogen) atoms. The standard InChI is InChI=1S/C16H19ClN2O2/c1-2-7-19-10-14(17)8-15(19)16(21)18-9-12-3-5-13(11-20)6-4-12/h3-6,8,10,20H,2,7,9,11H2,1H3,(H,18,21). The fourth-order valence-corrected chi connectivity index (χ4v) is 2.35. The number of benzene rings is 1. The van der Waals surface area contributed by atoms with E-state index in [1.165, 1.54) is 0 Å². The van der Waals surface area contributed by atoms with Gasteiger partial charge in [-0.3, -0.25) is 4.79 Å². The molecule has 0 aliphatic rings. The first-order valence-corrected chi connectivity index (χ1v) is 7.34. The van der Waals surface area contributed by atoms with Crippen molar-refractivity contribution in [3.8, 4) is 0 Å². The van der Waals surface area contributed by atoms with Crippen LogP contribution in [0.4, 0.5) is 0 Å². The van der Waals surface area contributed by atoms with E-state index in [1.54, 1.807) is 12.3 Å². The lowest BCUT2D eigenvalue weighted by atomic mass is 10.1. The monoisotopic (exact) mass is 306 g/mol. The molecule has 0 bridgehead atoms. The van der Waals surface area contributed by atoms with Crippen molar-refractivity contribution in [2.75, 3.05) is 0 Å². The normalized spacial score (nSPS) is 10.6. The van der Waals surface area contributed by atoms with Crippen molar-refractivity contribution in [1.82, 2.24) is 9.88 Å². The Kier molecular flexibility index (Phi) is 5.42. The average molecular weight is 307 g/mol. The molecule has 112 valence electrons. The molecule has 0 atom stereocenters. The summed E-state index contributed by atoms with van der Waals surface area (Å²) in [6, 6.07) is 9.16. The maximum atomic E-state index is 12.2. The van der Waals surface area contributed by atoms with Crippen LogP contribution in [0.5, 0.6) is 0 Å². The average Bonchev–Trinajstić information content (AvgIpc) is 2.86. The van der Waals surface area contributed by atoms with Gasteiger partial charge in [-0.1, -0.05) is 42.8 Å². The zero-order valence-electron chi connectivity index (χ0n) is 12.0. The molecule has 1 heterocycles. The first-order chi connectivity index (χ1) is 10.1. The maximum absolute atomic E-state index is 12.2. The molecular weight excluding hydrogens is 288 g/mol. The Hall–Kier alpha value is -1.78. The lowest BCUT2D eigenvalue weighted by molar-refractivity contribution is 0.0941. The van der Waals surface area contributed by atoms with E-state index in [1.807, 2.05) is 28.8 Å². The van der Waals surface area contributed by atoms with E-state index in [2.05, 4.69) is 12.2 Å². The second kappa shape index (κ2) is 7.29. The molecule has 0 saturated heterocycles. The zero-order valence-corrected chi connectivity index (χ0v) is 12.7. The predicted octanol–water partition coefficient (Wildman–Crippen LogP) is 2.97. The van der Waals surface area contributed by atoms with Crippen LogP contribution in [0.3, 0.4) is 0 Å². The van der Waals surface area contributed by atoms with E-state index in [4.69, 9.17) is 16.7 Å². The van der Waals surface area contributed by atoms with Gasteiger partial charge in [0.05, 0.1) is 11.6 Å². The summed E-state index contributed by atoms with van der Waals surface area (Å²) in [4.78, 5) is 12.2. The Morgan fingerprint density at radius 1 is 1.29 bits per heavy atom.